The van der Waals surface area contributed by atoms with Gasteiger partial charge in [-0.25, -0.2) is 4.79 Å². The van der Waals surface area contributed by atoms with Crippen LogP contribution >= 0.6 is 0 Å². The zero-order valence-corrected chi connectivity index (χ0v) is 13.7. The number of benzene rings is 1. The van der Waals surface area contributed by atoms with Crippen molar-refractivity contribution in [3.63, 3.8) is 0 Å². The second kappa shape index (κ2) is 8.55. The average Bonchev–Trinajstić information content (AvgIpc) is 2.43. The number of hydrogen-bond acceptors (Lipinski definition) is 2. The number of urea groups is 1. The summed E-state index contributed by atoms with van der Waals surface area (Å²) < 4.78 is 5.68. The summed E-state index contributed by atoms with van der Waals surface area (Å²) in [7, 11) is 0. The Morgan fingerprint density at radius 2 is 1.90 bits per heavy atom. The van der Waals surface area contributed by atoms with E-state index in [9.17, 15) is 4.79 Å². The molecule has 0 radical (unpaired) electrons. The topological polar surface area (TPSA) is 50.4 Å². The summed E-state index contributed by atoms with van der Waals surface area (Å²) in [5.41, 5.74) is 1.35. The molecule has 0 aliphatic carbocycles. The monoisotopic (exact) mass is 292 g/mol. The van der Waals surface area contributed by atoms with Crippen molar-refractivity contribution in [2.75, 3.05) is 19.7 Å². The number of carbonyl (C=O) groups is 1. The predicted molar refractivity (Wildman–Crippen MR) is 86.9 cm³/mol. The van der Waals surface area contributed by atoms with E-state index in [0.29, 0.717) is 13.2 Å². The molecule has 0 aliphatic heterocycles. The molecular formula is C17H28N2O2. The van der Waals surface area contributed by atoms with Crippen molar-refractivity contribution in [3.05, 3.63) is 29.8 Å². The van der Waals surface area contributed by atoms with E-state index in [4.69, 9.17) is 4.74 Å². The van der Waals surface area contributed by atoms with Crippen LogP contribution in [0.2, 0.25) is 0 Å². The highest BCUT2D eigenvalue weighted by Gasteiger charge is 2.13. The van der Waals surface area contributed by atoms with Crippen LogP contribution in [0, 0.1) is 0 Å². The van der Waals surface area contributed by atoms with E-state index in [0.717, 1.165) is 25.1 Å². The SMILES string of the molecule is CCCCNC(=O)NCCOc1cccc(C(C)(C)C)c1. The summed E-state index contributed by atoms with van der Waals surface area (Å²) >= 11 is 0. The van der Waals surface area contributed by atoms with Crippen molar-refractivity contribution in [2.45, 2.75) is 46.0 Å². The lowest BCUT2D eigenvalue weighted by molar-refractivity contribution is 0.236. The van der Waals surface area contributed by atoms with Gasteiger partial charge >= 0.3 is 6.03 Å². The molecular weight excluding hydrogens is 264 g/mol. The Balaban J connectivity index is 2.28. The van der Waals surface area contributed by atoms with E-state index in [1.165, 1.54) is 5.56 Å². The fourth-order valence-corrected chi connectivity index (χ4v) is 1.83. The third-order valence-corrected chi connectivity index (χ3v) is 3.17. The van der Waals surface area contributed by atoms with Gasteiger partial charge in [0, 0.05) is 6.54 Å². The lowest BCUT2D eigenvalue weighted by Gasteiger charge is -2.19. The molecule has 0 unspecified atom stereocenters. The minimum absolute atomic E-state index is 0.108. The van der Waals surface area contributed by atoms with Crippen LogP contribution in [0.25, 0.3) is 0 Å². The third-order valence-electron chi connectivity index (χ3n) is 3.17. The van der Waals surface area contributed by atoms with Gasteiger partial charge in [0.25, 0.3) is 0 Å². The lowest BCUT2D eigenvalue weighted by atomic mass is 9.87. The first-order chi connectivity index (χ1) is 9.93. The smallest absolute Gasteiger partial charge is 0.314 e. The van der Waals surface area contributed by atoms with E-state index in [2.05, 4.69) is 50.5 Å². The van der Waals surface area contributed by atoms with E-state index in [1.54, 1.807) is 0 Å². The molecule has 0 bridgehead atoms. The summed E-state index contributed by atoms with van der Waals surface area (Å²) in [6.45, 7) is 10.3. The van der Waals surface area contributed by atoms with Crippen LogP contribution in [0.4, 0.5) is 4.79 Å². The van der Waals surface area contributed by atoms with E-state index in [1.807, 2.05) is 12.1 Å². The Morgan fingerprint density at radius 1 is 1.19 bits per heavy atom. The lowest BCUT2D eigenvalue weighted by Crippen LogP contribution is -2.38. The summed E-state index contributed by atoms with van der Waals surface area (Å²) in [6, 6.07) is 7.97. The van der Waals surface area contributed by atoms with Crippen molar-refractivity contribution < 1.29 is 9.53 Å². The standard InChI is InChI=1S/C17H28N2O2/c1-5-6-10-18-16(20)19-11-12-21-15-9-7-8-14(13-15)17(2,3)4/h7-9,13H,5-6,10-12H2,1-4H3,(H2,18,19,20). The highest BCUT2D eigenvalue weighted by molar-refractivity contribution is 5.73. The van der Waals surface area contributed by atoms with Gasteiger partial charge in [0.15, 0.2) is 0 Å². The van der Waals surface area contributed by atoms with Crippen molar-refractivity contribution in [1.29, 1.82) is 0 Å². The normalized spacial score (nSPS) is 11.0. The van der Waals surface area contributed by atoms with Crippen molar-refractivity contribution in [2.24, 2.45) is 0 Å². The Hall–Kier alpha value is -1.71. The molecule has 2 N–H and O–H groups in total. The van der Waals surface area contributed by atoms with Gasteiger partial charge in [0.2, 0.25) is 0 Å². The molecule has 0 spiro atoms. The fraction of sp³-hybridized carbons (Fsp3) is 0.588. The Labute approximate surface area is 128 Å². The highest BCUT2D eigenvalue weighted by atomic mass is 16.5. The molecule has 2 amide bonds. The van der Waals surface area contributed by atoms with Crippen LogP contribution < -0.4 is 15.4 Å². The summed E-state index contributed by atoms with van der Waals surface area (Å²) in [5.74, 6) is 0.843. The molecule has 1 rings (SSSR count). The van der Waals surface area contributed by atoms with Crippen LogP contribution in [-0.4, -0.2) is 25.7 Å². The number of unbranched alkanes of at least 4 members (excludes halogenated alkanes) is 1. The zero-order chi connectivity index (χ0) is 15.7. The molecule has 0 aliphatic rings. The molecule has 4 nitrogen and oxygen atoms in total. The molecule has 1 aromatic carbocycles. The third kappa shape index (κ3) is 7.02. The maximum Gasteiger partial charge on any atom is 0.314 e. The molecule has 0 heterocycles. The van der Waals surface area contributed by atoms with Crippen LogP contribution in [0.1, 0.15) is 46.1 Å². The largest absolute Gasteiger partial charge is 0.492 e. The Morgan fingerprint density at radius 3 is 2.57 bits per heavy atom. The van der Waals surface area contributed by atoms with Gasteiger partial charge < -0.3 is 15.4 Å². The second-order valence-electron chi connectivity index (χ2n) is 6.16. The van der Waals surface area contributed by atoms with Gasteiger partial charge in [-0.15, -0.1) is 0 Å². The van der Waals surface area contributed by atoms with Gasteiger partial charge in [-0.05, 0) is 29.5 Å². The molecule has 118 valence electrons. The predicted octanol–water partition coefficient (Wildman–Crippen LogP) is 3.46. The number of hydrogen-bond donors (Lipinski definition) is 2. The van der Waals surface area contributed by atoms with Crippen LogP contribution in [0.3, 0.4) is 0 Å². The summed E-state index contributed by atoms with van der Waals surface area (Å²) in [4.78, 5) is 11.4. The first kappa shape index (κ1) is 17.3. The van der Waals surface area contributed by atoms with Gasteiger partial charge in [0.05, 0.1) is 6.54 Å². The van der Waals surface area contributed by atoms with Crippen LogP contribution in [-0.2, 0) is 5.41 Å². The number of ether oxygens (including phenoxy) is 1. The van der Waals surface area contributed by atoms with Crippen molar-refractivity contribution in [3.8, 4) is 5.75 Å². The minimum atomic E-state index is -0.129. The van der Waals surface area contributed by atoms with E-state index in [-0.39, 0.29) is 11.4 Å². The minimum Gasteiger partial charge on any atom is -0.492 e. The molecule has 0 atom stereocenters. The van der Waals surface area contributed by atoms with Crippen LogP contribution in [0.15, 0.2) is 24.3 Å². The maximum absolute atomic E-state index is 11.4. The van der Waals surface area contributed by atoms with Crippen molar-refractivity contribution >= 4 is 6.03 Å². The number of rotatable bonds is 7. The number of amides is 2. The quantitative estimate of drug-likeness (QED) is 0.756. The van der Waals surface area contributed by atoms with Gasteiger partial charge in [-0.1, -0.05) is 46.2 Å². The van der Waals surface area contributed by atoms with E-state index < -0.39 is 0 Å². The fourth-order valence-electron chi connectivity index (χ4n) is 1.83. The van der Waals surface area contributed by atoms with E-state index >= 15 is 0 Å². The first-order valence-electron chi connectivity index (χ1n) is 7.68. The second-order valence-corrected chi connectivity index (χ2v) is 6.16. The molecule has 0 saturated carbocycles. The van der Waals surface area contributed by atoms with Crippen LogP contribution in [0.5, 0.6) is 5.75 Å². The highest BCUT2D eigenvalue weighted by Crippen LogP contribution is 2.25. The zero-order valence-electron chi connectivity index (χ0n) is 13.7. The van der Waals surface area contributed by atoms with Gasteiger partial charge in [0.1, 0.15) is 12.4 Å². The van der Waals surface area contributed by atoms with Gasteiger partial charge in [-0.2, -0.15) is 0 Å². The summed E-state index contributed by atoms with van der Waals surface area (Å²) in [5, 5.41) is 5.59. The molecule has 1 aromatic rings. The van der Waals surface area contributed by atoms with Crippen molar-refractivity contribution in [1.82, 2.24) is 10.6 Å². The summed E-state index contributed by atoms with van der Waals surface area (Å²) in [6.07, 6.45) is 2.08. The average molecular weight is 292 g/mol. The molecule has 0 saturated heterocycles. The number of nitrogens with one attached hydrogen (secondary N) is 2. The molecule has 0 fully saturated rings. The first-order valence-corrected chi connectivity index (χ1v) is 7.68. The molecule has 21 heavy (non-hydrogen) atoms. The number of carbonyl (C=O) groups excluding carboxylic acids is 1. The van der Waals surface area contributed by atoms with Gasteiger partial charge in [-0.3, -0.25) is 0 Å². The molecule has 0 aromatic heterocycles. The molecule has 4 heteroatoms. The maximum atomic E-state index is 11.4. The Bertz CT molecular complexity index is 439. The Kier molecular flexibility index (Phi) is 7.06.